The molecule has 2 aromatic carbocycles. The second kappa shape index (κ2) is 6.36. The van der Waals surface area contributed by atoms with Gasteiger partial charge in [0.05, 0.1) is 6.61 Å². The van der Waals surface area contributed by atoms with Crippen molar-refractivity contribution in [1.82, 2.24) is 0 Å². The Kier molecular flexibility index (Phi) is 4.04. The van der Waals surface area contributed by atoms with Crippen molar-refractivity contribution in [3.63, 3.8) is 0 Å². The molecule has 4 heteroatoms. The zero-order valence-corrected chi connectivity index (χ0v) is 14.1. The van der Waals surface area contributed by atoms with Gasteiger partial charge in [-0.1, -0.05) is 48.5 Å². The van der Waals surface area contributed by atoms with E-state index >= 15 is 0 Å². The molecule has 0 radical (unpaired) electrons. The maximum atomic E-state index is 12.9. The second-order valence-corrected chi connectivity index (χ2v) is 6.56. The first kappa shape index (κ1) is 15.9. The number of ketones is 1. The van der Waals surface area contributed by atoms with E-state index in [-0.39, 0.29) is 24.2 Å². The molecule has 1 fully saturated rings. The molecule has 0 amide bonds. The summed E-state index contributed by atoms with van der Waals surface area (Å²) in [4.78, 5) is 25.3. The van der Waals surface area contributed by atoms with E-state index < -0.39 is 18.0 Å². The monoisotopic (exact) mass is 336 g/mol. The van der Waals surface area contributed by atoms with Gasteiger partial charge in [-0.2, -0.15) is 0 Å². The van der Waals surface area contributed by atoms with E-state index in [0.717, 1.165) is 16.9 Å². The third kappa shape index (κ3) is 2.62. The van der Waals surface area contributed by atoms with E-state index in [0.29, 0.717) is 6.42 Å². The number of esters is 1. The normalized spacial score (nSPS) is 27.2. The Labute approximate surface area is 146 Å². The number of ether oxygens (including phenoxy) is 2. The molecule has 0 saturated heterocycles. The quantitative estimate of drug-likeness (QED) is 0.636. The minimum Gasteiger partial charge on any atom is -0.482 e. The number of fused-ring (bicyclic) bond motifs is 3. The first-order chi connectivity index (χ1) is 12.2. The molecule has 1 aliphatic carbocycles. The summed E-state index contributed by atoms with van der Waals surface area (Å²) >= 11 is 0. The Bertz CT molecular complexity index is 799. The van der Waals surface area contributed by atoms with Gasteiger partial charge in [-0.3, -0.25) is 9.59 Å². The Balaban J connectivity index is 1.77. The largest absolute Gasteiger partial charge is 0.482 e. The van der Waals surface area contributed by atoms with Crippen molar-refractivity contribution >= 4 is 11.8 Å². The lowest BCUT2D eigenvalue weighted by molar-refractivity contribution is -0.156. The highest BCUT2D eigenvalue weighted by atomic mass is 16.5. The van der Waals surface area contributed by atoms with E-state index in [2.05, 4.69) is 12.1 Å². The van der Waals surface area contributed by atoms with Gasteiger partial charge in [-0.25, -0.2) is 0 Å². The van der Waals surface area contributed by atoms with Crippen LogP contribution in [0, 0.1) is 5.92 Å². The number of rotatable bonds is 3. The van der Waals surface area contributed by atoms with Crippen molar-refractivity contribution < 1.29 is 19.1 Å². The summed E-state index contributed by atoms with van der Waals surface area (Å²) in [5.74, 6) is -0.631. The maximum absolute atomic E-state index is 12.9. The van der Waals surface area contributed by atoms with E-state index in [1.54, 1.807) is 6.92 Å². The van der Waals surface area contributed by atoms with Crippen molar-refractivity contribution in [2.75, 3.05) is 6.61 Å². The van der Waals surface area contributed by atoms with Crippen molar-refractivity contribution in [3.8, 4) is 5.75 Å². The third-order valence-electron chi connectivity index (χ3n) is 5.20. The molecular weight excluding hydrogens is 316 g/mol. The van der Waals surface area contributed by atoms with Gasteiger partial charge in [-0.05, 0) is 30.9 Å². The first-order valence-corrected chi connectivity index (χ1v) is 8.71. The highest BCUT2D eigenvalue weighted by molar-refractivity contribution is 6.03. The van der Waals surface area contributed by atoms with Gasteiger partial charge < -0.3 is 9.47 Å². The van der Waals surface area contributed by atoms with E-state index in [9.17, 15) is 9.59 Å². The van der Waals surface area contributed by atoms with E-state index in [1.165, 1.54) is 0 Å². The summed E-state index contributed by atoms with van der Waals surface area (Å²) < 4.78 is 11.1. The lowest BCUT2D eigenvalue weighted by atomic mass is 9.67. The fourth-order valence-electron chi connectivity index (χ4n) is 4.11. The Morgan fingerprint density at radius 3 is 2.60 bits per heavy atom. The number of carbonyl (C=O) groups excluding carboxylic acids is 2. The van der Waals surface area contributed by atoms with Crippen molar-refractivity contribution in [1.29, 1.82) is 0 Å². The molecule has 25 heavy (non-hydrogen) atoms. The standard InChI is InChI=1S/C21H20O4/c1-2-24-21(23)16-12-15(13-8-4-3-5-9-13)18-14-10-6-7-11-17(14)25-20(18)19(16)22/h3-11,15-16,18,20H,2,12H2,1H3/t15?,16?,18-,20-/m1/s1. The van der Waals surface area contributed by atoms with E-state index in [1.807, 2.05) is 42.5 Å². The third-order valence-corrected chi connectivity index (χ3v) is 5.20. The molecule has 2 aliphatic rings. The van der Waals surface area contributed by atoms with E-state index in [4.69, 9.17) is 9.47 Å². The molecule has 128 valence electrons. The maximum Gasteiger partial charge on any atom is 0.316 e. The Morgan fingerprint density at radius 2 is 1.84 bits per heavy atom. The van der Waals surface area contributed by atoms with Crippen LogP contribution in [0.25, 0.3) is 0 Å². The van der Waals surface area contributed by atoms with Crippen LogP contribution in [-0.2, 0) is 14.3 Å². The number of hydrogen-bond acceptors (Lipinski definition) is 4. The van der Waals surface area contributed by atoms with Crippen LogP contribution in [0.4, 0.5) is 0 Å². The summed E-state index contributed by atoms with van der Waals surface area (Å²) in [5.41, 5.74) is 2.18. The van der Waals surface area contributed by atoms with Crippen LogP contribution in [0.15, 0.2) is 54.6 Å². The van der Waals surface area contributed by atoms with Crippen LogP contribution in [-0.4, -0.2) is 24.5 Å². The van der Waals surface area contributed by atoms with Gasteiger partial charge >= 0.3 is 5.97 Å². The fraction of sp³-hybridized carbons (Fsp3) is 0.333. The molecule has 0 spiro atoms. The molecule has 0 N–H and O–H groups in total. The lowest BCUT2D eigenvalue weighted by Gasteiger charge is -2.35. The van der Waals surface area contributed by atoms with Crippen LogP contribution < -0.4 is 4.74 Å². The Hall–Kier alpha value is -2.62. The molecule has 1 aliphatic heterocycles. The van der Waals surface area contributed by atoms with Gasteiger partial charge in [0.1, 0.15) is 11.7 Å². The molecule has 4 rings (SSSR count). The molecule has 0 aromatic heterocycles. The van der Waals surface area contributed by atoms with Gasteiger partial charge in [0.25, 0.3) is 0 Å². The number of para-hydroxylation sites is 1. The predicted molar refractivity (Wildman–Crippen MR) is 92.5 cm³/mol. The lowest BCUT2D eigenvalue weighted by Crippen LogP contribution is -2.46. The average molecular weight is 336 g/mol. The SMILES string of the molecule is CCOC(=O)C1CC(c2ccccc2)[C@H]2c3ccccc3O[C@H]2C1=O. The van der Waals surface area contributed by atoms with Gasteiger partial charge in [0, 0.05) is 11.5 Å². The minimum absolute atomic E-state index is 0.0435. The van der Waals surface area contributed by atoms with Crippen molar-refractivity contribution in [3.05, 3.63) is 65.7 Å². The molecule has 1 saturated carbocycles. The van der Waals surface area contributed by atoms with Crippen LogP contribution in [0.3, 0.4) is 0 Å². The Morgan fingerprint density at radius 1 is 1.12 bits per heavy atom. The van der Waals surface area contributed by atoms with Gasteiger partial charge in [-0.15, -0.1) is 0 Å². The van der Waals surface area contributed by atoms with Crippen LogP contribution in [0.1, 0.15) is 36.3 Å². The molecular formula is C21H20O4. The summed E-state index contributed by atoms with van der Waals surface area (Å²) in [7, 11) is 0. The molecule has 1 heterocycles. The number of Topliss-reactive ketones (excluding diaryl/α,β-unsaturated/α-hetero) is 1. The summed E-state index contributed by atoms with van der Waals surface area (Å²) in [6.07, 6.45) is -0.161. The number of hydrogen-bond donors (Lipinski definition) is 0. The summed E-state index contributed by atoms with van der Waals surface area (Å²) in [6, 6.07) is 17.8. The predicted octanol–water partition coefficient (Wildman–Crippen LogP) is 3.47. The molecule has 4 nitrogen and oxygen atoms in total. The van der Waals surface area contributed by atoms with Crippen LogP contribution in [0.2, 0.25) is 0 Å². The second-order valence-electron chi connectivity index (χ2n) is 6.56. The van der Waals surface area contributed by atoms with Gasteiger partial charge in [0.2, 0.25) is 0 Å². The molecule has 0 bridgehead atoms. The molecule has 4 atom stereocenters. The fourth-order valence-corrected chi connectivity index (χ4v) is 4.11. The minimum atomic E-state index is -0.763. The summed E-state index contributed by atoms with van der Waals surface area (Å²) in [5, 5.41) is 0. The summed E-state index contributed by atoms with van der Waals surface area (Å²) in [6.45, 7) is 2.03. The average Bonchev–Trinajstić information content (AvgIpc) is 3.03. The van der Waals surface area contributed by atoms with Crippen molar-refractivity contribution in [2.45, 2.75) is 31.3 Å². The zero-order valence-electron chi connectivity index (χ0n) is 14.1. The number of benzene rings is 2. The smallest absolute Gasteiger partial charge is 0.316 e. The first-order valence-electron chi connectivity index (χ1n) is 8.71. The highest BCUT2D eigenvalue weighted by Gasteiger charge is 2.53. The van der Waals surface area contributed by atoms with Gasteiger partial charge in [0.15, 0.2) is 11.9 Å². The zero-order chi connectivity index (χ0) is 17.4. The topological polar surface area (TPSA) is 52.6 Å². The molecule has 2 unspecified atom stereocenters. The molecule has 2 aromatic rings. The van der Waals surface area contributed by atoms with Crippen LogP contribution >= 0.6 is 0 Å². The highest BCUT2D eigenvalue weighted by Crippen LogP contribution is 2.52. The van der Waals surface area contributed by atoms with Crippen molar-refractivity contribution in [2.24, 2.45) is 5.92 Å². The number of carbonyl (C=O) groups is 2. The van der Waals surface area contributed by atoms with Crippen LogP contribution in [0.5, 0.6) is 5.75 Å².